The van der Waals surface area contributed by atoms with Gasteiger partial charge in [0.05, 0.1) is 6.10 Å². The van der Waals surface area contributed by atoms with E-state index >= 15 is 0 Å². The first-order valence-corrected chi connectivity index (χ1v) is 7.86. The maximum Gasteiger partial charge on any atom is 0.439 e. The van der Waals surface area contributed by atoms with Crippen molar-refractivity contribution in [3.8, 4) is 0 Å². The zero-order valence-electron chi connectivity index (χ0n) is 12.4. The number of hydrogen-bond acceptors (Lipinski definition) is 4. The number of nitrogens with zero attached hydrogens (tertiary/aromatic N) is 2. The molecular formula is C14H25N3O4. The Morgan fingerprint density at radius 3 is 2.05 bits per heavy atom. The summed E-state index contributed by atoms with van der Waals surface area (Å²) in [6, 6.07) is 0. The molecule has 0 aromatic rings. The van der Waals surface area contributed by atoms with Crippen LogP contribution in [-0.4, -0.2) is 34.4 Å². The van der Waals surface area contributed by atoms with E-state index in [2.05, 4.69) is 5.16 Å². The van der Waals surface area contributed by atoms with E-state index in [0.717, 1.165) is 51.4 Å². The largest absolute Gasteiger partial charge is 0.463 e. The van der Waals surface area contributed by atoms with Crippen molar-refractivity contribution < 1.29 is 19.6 Å². The molecule has 0 radical (unpaired) electrons. The summed E-state index contributed by atoms with van der Waals surface area (Å²) in [4.78, 5) is 22.0. The average molecular weight is 299 g/mol. The van der Waals surface area contributed by atoms with Gasteiger partial charge in [-0.3, -0.25) is 4.84 Å². The fourth-order valence-corrected chi connectivity index (χ4v) is 2.85. The summed E-state index contributed by atoms with van der Waals surface area (Å²) in [7, 11) is 0. The number of hydroxylamine groups is 2. The van der Waals surface area contributed by atoms with Crippen LogP contribution in [0.4, 0.5) is 4.79 Å². The molecule has 0 aliphatic heterocycles. The van der Waals surface area contributed by atoms with E-state index < -0.39 is 6.09 Å². The standard InChI is InChI=1S/C14H25N3O4/c15-13(16-20-11-7-3-1-4-8-11)17(14(18)19)21-12-9-5-2-6-10-12/h11-12H,1-10H2,(H2,15,16)(H,18,19). The highest BCUT2D eigenvalue weighted by Crippen LogP contribution is 2.22. The van der Waals surface area contributed by atoms with Crippen LogP contribution in [0.25, 0.3) is 0 Å². The van der Waals surface area contributed by atoms with Gasteiger partial charge < -0.3 is 15.7 Å². The van der Waals surface area contributed by atoms with Crippen molar-refractivity contribution in [2.75, 3.05) is 0 Å². The fraction of sp³-hybridized carbons (Fsp3) is 0.857. The Hall–Kier alpha value is -1.50. The van der Waals surface area contributed by atoms with Crippen LogP contribution in [0.15, 0.2) is 5.16 Å². The number of rotatable bonds is 4. The monoisotopic (exact) mass is 299 g/mol. The van der Waals surface area contributed by atoms with Gasteiger partial charge in [-0.2, -0.15) is 0 Å². The Labute approximate surface area is 125 Å². The Balaban J connectivity index is 1.87. The van der Waals surface area contributed by atoms with Gasteiger partial charge in [-0.25, -0.2) is 4.79 Å². The highest BCUT2D eigenvalue weighted by Gasteiger charge is 2.25. The molecule has 0 heterocycles. The third kappa shape index (κ3) is 5.08. The fourth-order valence-electron chi connectivity index (χ4n) is 2.85. The molecule has 7 heteroatoms. The molecule has 3 N–H and O–H groups in total. The van der Waals surface area contributed by atoms with E-state index in [4.69, 9.17) is 15.4 Å². The maximum atomic E-state index is 11.3. The Morgan fingerprint density at radius 1 is 1.00 bits per heavy atom. The molecule has 2 rings (SSSR count). The van der Waals surface area contributed by atoms with Crippen LogP contribution in [0, 0.1) is 0 Å². The molecule has 2 saturated carbocycles. The average Bonchev–Trinajstić information content (AvgIpc) is 2.52. The van der Waals surface area contributed by atoms with Gasteiger partial charge in [0.1, 0.15) is 6.10 Å². The predicted octanol–water partition coefficient (Wildman–Crippen LogP) is 2.81. The van der Waals surface area contributed by atoms with Gasteiger partial charge in [0.15, 0.2) is 0 Å². The van der Waals surface area contributed by atoms with Crippen LogP contribution < -0.4 is 5.73 Å². The van der Waals surface area contributed by atoms with Crippen molar-refractivity contribution in [3.05, 3.63) is 0 Å². The highest BCUT2D eigenvalue weighted by molar-refractivity contribution is 5.90. The Kier molecular flexibility index (Phi) is 6.10. The van der Waals surface area contributed by atoms with Crippen molar-refractivity contribution in [2.24, 2.45) is 10.9 Å². The lowest BCUT2D eigenvalue weighted by atomic mass is 9.98. The first kappa shape index (κ1) is 15.9. The number of amides is 1. The zero-order valence-corrected chi connectivity index (χ0v) is 12.4. The van der Waals surface area contributed by atoms with Crippen molar-refractivity contribution in [3.63, 3.8) is 0 Å². The van der Waals surface area contributed by atoms with Crippen LogP contribution in [0.1, 0.15) is 64.2 Å². The van der Waals surface area contributed by atoms with Gasteiger partial charge in [-0.1, -0.05) is 25.7 Å². The third-order valence-corrected chi connectivity index (χ3v) is 4.04. The topological polar surface area (TPSA) is 97.4 Å². The number of hydrogen-bond donors (Lipinski definition) is 2. The van der Waals surface area contributed by atoms with E-state index in [1.54, 1.807) is 0 Å². The minimum absolute atomic E-state index is 0.0302. The molecule has 7 nitrogen and oxygen atoms in total. The van der Waals surface area contributed by atoms with Gasteiger partial charge in [-0.15, -0.1) is 5.06 Å². The summed E-state index contributed by atoms with van der Waals surface area (Å²) < 4.78 is 0. The number of carbonyl (C=O) groups is 1. The normalized spacial score (nSPS) is 22.0. The Morgan fingerprint density at radius 2 is 1.52 bits per heavy atom. The molecule has 120 valence electrons. The molecule has 2 aliphatic carbocycles. The number of oxime groups is 1. The molecule has 0 unspecified atom stereocenters. The molecule has 2 aliphatic rings. The van der Waals surface area contributed by atoms with Crippen molar-refractivity contribution in [1.82, 2.24) is 5.06 Å². The second kappa shape index (κ2) is 8.07. The maximum absolute atomic E-state index is 11.3. The third-order valence-electron chi connectivity index (χ3n) is 4.04. The Bertz CT molecular complexity index is 363. The second-order valence-electron chi connectivity index (χ2n) is 5.76. The number of nitrogens with two attached hydrogens (primary N) is 1. The smallest absolute Gasteiger partial charge is 0.439 e. The molecule has 0 bridgehead atoms. The molecule has 0 saturated heterocycles. The van der Waals surface area contributed by atoms with Gasteiger partial charge >= 0.3 is 6.09 Å². The molecule has 1 amide bonds. The molecule has 21 heavy (non-hydrogen) atoms. The summed E-state index contributed by atoms with van der Waals surface area (Å²) in [6.07, 6.45) is 8.92. The van der Waals surface area contributed by atoms with Crippen LogP contribution in [0.5, 0.6) is 0 Å². The summed E-state index contributed by atoms with van der Waals surface area (Å²) in [5, 5.41) is 13.6. The molecule has 0 spiro atoms. The van der Waals surface area contributed by atoms with Gasteiger partial charge in [0.2, 0.25) is 0 Å². The van der Waals surface area contributed by atoms with Crippen molar-refractivity contribution >= 4 is 12.1 Å². The van der Waals surface area contributed by atoms with Crippen LogP contribution in [-0.2, 0) is 9.68 Å². The highest BCUT2D eigenvalue weighted by atomic mass is 16.7. The van der Waals surface area contributed by atoms with Gasteiger partial charge in [0, 0.05) is 0 Å². The lowest BCUT2D eigenvalue weighted by Crippen LogP contribution is -2.44. The molecule has 2 fully saturated rings. The van der Waals surface area contributed by atoms with Crippen molar-refractivity contribution in [1.29, 1.82) is 0 Å². The zero-order chi connectivity index (χ0) is 15.1. The molecule has 0 aromatic carbocycles. The van der Waals surface area contributed by atoms with Gasteiger partial charge in [0.25, 0.3) is 5.96 Å². The van der Waals surface area contributed by atoms with Crippen LogP contribution in [0.3, 0.4) is 0 Å². The van der Waals surface area contributed by atoms with Crippen LogP contribution >= 0.6 is 0 Å². The second-order valence-corrected chi connectivity index (χ2v) is 5.76. The first-order valence-electron chi connectivity index (χ1n) is 7.86. The first-order chi connectivity index (χ1) is 10.2. The van der Waals surface area contributed by atoms with E-state index in [1.165, 1.54) is 12.8 Å². The molecule has 0 aromatic heterocycles. The lowest BCUT2D eigenvalue weighted by molar-refractivity contribution is -0.136. The molecule has 0 atom stereocenters. The van der Waals surface area contributed by atoms with E-state index in [0.29, 0.717) is 5.06 Å². The summed E-state index contributed by atoms with van der Waals surface area (Å²) in [5.41, 5.74) is 5.70. The predicted molar refractivity (Wildman–Crippen MR) is 77.4 cm³/mol. The van der Waals surface area contributed by atoms with E-state index in [-0.39, 0.29) is 18.2 Å². The van der Waals surface area contributed by atoms with Crippen molar-refractivity contribution in [2.45, 2.75) is 76.4 Å². The minimum atomic E-state index is -1.27. The number of carboxylic acid groups (broad SMARTS) is 1. The van der Waals surface area contributed by atoms with E-state index in [1.807, 2.05) is 0 Å². The minimum Gasteiger partial charge on any atom is -0.463 e. The summed E-state index contributed by atoms with van der Waals surface area (Å²) in [6.45, 7) is 0. The van der Waals surface area contributed by atoms with Gasteiger partial charge in [-0.05, 0) is 43.7 Å². The van der Waals surface area contributed by atoms with E-state index in [9.17, 15) is 9.90 Å². The lowest BCUT2D eigenvalue weighted by Gasteiger charge is -2.27. The summed E-state index contributed by atoms with van der Waals surface area (Å²) >= 11 is 0. The quantitative estimate of drug-likeness (QED) is 0.472. The SMILES string of the molecule is NC(=NOC1CCCCC1)N(OC1CCCCC1)C(=O)O. The summed E-state index contributed by atoms with van der Waals surface area (Å²) in [5.74, 6) is -0.251. The number of guanidine groups is 1. The molecular weight excluding hydrogens is 274 g/mol. The van der Waals surface area contributed by atoms with Crippen LogP contribution in [0.2, 0.25) is 0 Å².